The highest BCUT2D eigenvalue weighted by Crippen LogP contribution is 2.35. The van der Waals surface area contributed by atoms with Crippen LogP contribution >= 0.6 is 0 Å². The van der Waals surface area contributed by atoms with E-state index in [1.165, 1.54) is 16.8 Å². The number of fused-ring (bicyclic) bond motifs is 2. The summed E-state index contributed by atoms with van der Waals surface area (Å²) >= 11 is 0. The van der Waals surface area contributed by atoms with E-state index < -0.39 is 0 Å². The van der Waals surface area contributed by atoms with Crippen molar-refractivity contribution in [2.75, 3.05) is 37.7 Å². The number of aromatic nitrogens is 4. The van der Waals surface area contributed by atoms with Gasteiger partial charge >= 0.3 is 0 Å². The zero-order chi connectivity index (χ0) is 16.8. The smallest absolute Gasteiger partial charge is 0.134 e. The molecule has 2 unspecified atom stereocenters. The average molecular weight is 340 g/mol. The second kappa shape index (κ2) is 6.07. The molecule has 7 nitrogen and oxygen atoms in total. The summed E-state index contributed by atoms with van der Waals surface area (Å²) in [5, 5.41) is 4.52. The summed E-state index contributed by atoms with van der Waals surface area (Å²) in [6.07, 6.45) is 5.61. The minimum atomic E-state index is 0.705. The highest BCUT2D eigenvalue weighted by molar-refractivity contribution is 5.46. The molecule has 0 saturated carbocycles. The lowest BCUT2D eigenvalue weighted by atomic mass is 10.0. The van der Waals surface area contributed by atoms with Crippen LogP contribution in [0.2, 0.25) is 0 Å². The summed E-state index contributed by atoms with van der Waals surface area (Å²) in [5.74, 6) is 2.58. The van der Waals surface area contributed by atoms with Crippen LogP contribution in [0.3, 0.4) is 0 Å². The Labute approximate surface area is 147 Å². The molecule has 0 aliphatic carbocycles. The predicted molar refractivity (Wildman–Crippen MR) is 93.1 cm³/mol. The Morgan fingerprint density at radius 3 is 2.80 bits per heavy atom. The predicted octanol–water partition coefficient (Wildman–Crippen LogP) is 1.08. The lowest BCUT2D eigenvalue weighted by molar-refractivity contribution is 0.0788. The minimum absolute atomic E-state index is 0.705. The number of aryl methyl sites for hydroxylation is 1. The molecule has 2 saturated heterocycles. The van der Waals surface area contributed by atoms with E-state index in [1.807, 2.05) is 12.4 Å². The van der Waals surface area contributed by atoms with Gasteiger partial charge in [0.15, 0.2) is 0 Å². The molecular weight excluding hydrogens is 316 g/mol. The van der Waals surface area contributed by atoms with Crippen molar-refractivity contribution in [3.8, 4) is 0 Å². The molecule has 0 aromatic carbocycles. The normalized spacial score (nSPS) is 26.0. The molecule has 5 rings (SSSR count). The van der Waals surface area contributed by atoms with Crippen molar-refractivity contribution in [3.05, 3.63) is 35.5 Å². The molecule has 0 N–H and O–H groups in total. The lowest BCUT2D eigenvalue weighted by Gasteiger charge is -2.23. The fourth-order valence-electron chi connectivity index (χ4n) is 4.62. The first-order chi connectivity index (χ1) is 12.3. The number of nitrogens with zero attached hydrogens (tertiary/aromatic N) is 6. The maximum atomic E-state index is 5.61. The maximum absolute atomic E-state index is 5.61. The molecule has 7 heteroatoms. The first-order valence-electron chi connectivity index (χ1n) is 9.13. The summed E-state index contributed by atoms with van der Waals surface area (Å²) in [7, 11) is 0. The molecule has 0 bridgehead atoms. The molecular formula is C18H24N6O. The van der Waals surface area contributed by atoms with E-state index in [0.29, 0.717) is 6.61 Å². The molecule has 2 atom stereocenters. The topological polar surface area (TPSA) is 59.3 Å². The molecule has 0 amide bonds. The molecule has 25 heavy (non-hydrogen) atoms. The van der Waals surface area contributed by atoms with Crippen LogP contribution in [0, 0.1) is 18.8 Å². The SMILES string of the molecule is Cc1cncnc1N1CC2CN(Cc3cnn4c3COCC4)CC2C1. The number of anilines is 1. The number of rotatable bonds is 3. The van der Waals surface area contributed by atoms with Crippen LogP contribution in [0.5, 0.6) is 0 Å². The number of ether oxygens (including phenoxy) is 1. The Bertz CT molecular complexity index is 761. The van der Waals surface area contributed by atoms with Gasteiger partial charge in [-0.3, -0.25) is 9.58 Å². The Morgan fingerprint density at radius 2 is 2.00 bits per heavy atom. The molecule has 2 aromatic heterocycles. The Balaban J connectivity index is 1.24. The molecule has 0 spiro atoms. The Kier molecular flexibility index (Phi) is 3.71. The molecule has 2 aromatic rings. The van der Waals surface area contributed by atoms with Crippen molar-refractivity contribution in [3.63, 3.8) is 0 Å². The van der Waals surface area contributed by atoms with Crippen LogP contribution in [0.4, 0.5) is 5.82 Å². The van der Waals surface area contributed by atoms with Gasteiger partial charge in [-0.05, 0) is 18.8 Å². The summed E-state index contributed by atoms with van der Waals surface area (Å²) in [6, 6.07) is 0. The number of likely N-dealkylation sites (tertiary alicyclic amines) is 1. The van der Waals surface area contributed by atoms with E-state index in [-0.39, 0.29) is 0 Å². The van der Waals surface area contributed by atoms with E-state index in [1.54, 1.807) is 6.33 Å². The van der Waals surface area contributed by atoms with Gasteiger partial charge in [0.2, 0.25) is 0 Å². The van der Waals surface area contributed by atoms with Crippen LogP contribution in [-0.4, -0.2) is 57.4 Å². The second-order valence-electron chi connectivity index (χ2n) is 7.54. The summed E-state index contributed by atoms with van der Waals surface area (Å²) in [4.78, 5) is 13.6. The lowest BCUT2D eigenvalue weighted by Crippen LogP contribution is -2.30. The molecule has 0 radical (unpaired) electrons. The van der Waals surface area contributed by atoms with Crippen molar-refractivity contribution in [1.29, 1.82) is 0 Å². The highest BCUT2D eigenvalue weighted by Gasteiger charge is 2.40. The van der Waals surface area contributed by atoms with Crippen molar-refractivity contribution in [2.24, 2.45) is 11.8 Å². The fourth-order valence-corrected chi connectivity index (χ4v) is 4.62. The highest BCUT2D eigenvalue weighted by atomic mass is 16.5. The van der Waals surface area contributed by atoms with Crippen molar-refractivity contribution in [2.45, 2.75) is 26.6 Å². The van der Waals surface area contributed by atoms with Gasteiger partial charge in [0.05, 0.1) is 31.6 Å². The van der Waals surface area contributed by atoms with E-state index >= 15 is 0 Å². The molecule has 2 fully saturated rings. The van der Waals surface area contributed by atoms with E-state index in [9.17, 15) is 0 Å². The van der Waals surface area contributed by atoms with E-state index in [4.69, 9.17) is 4.74 Å². The number of hydrogen-bond acceptors (Lipinski definition) is 6. The minimum Gasteiger partial charge on any atom is -0.373 e. The second-order valence-corrected chi connectivity index (χ2v) is 7.54. The van der Waals surface area contributed by atoms with E-state index in [0.717, 1.165) is 63.5 Å². The number of hydrogen-bond donors (Lipinski definition) is 0. The summed E-state index contributed by atoms with van der Waals surface area (Å²) in [6.45, 7) is 10.0. The zero-order valence-corrected chi connectivity index (χ0v) is 14.6. The van der Waals surface area contributed by atoms with Gasteiger partial charge in [-0.25, -0.2) is 9.97 Å². The fraction of sp³-hybridized carbons (Fsp3) is 0.611. The van der Waals surface area contributed by atoms with E-state index in [2.05, 4.69) is 36.5 Å². The van der Waals surface area contributed by atoms with Gasteiger partial charge < -0.3 is 9.64 Å². The van der Waals surface area contributed by atoms with Crippen LogP contribution in [0.1, 0.15) is 16.8 Å². The first-order valence-corrected chi connectivity index (χ1v) is 9.13. The van der Waals surface area contributed by atoms with Crippen LogP contribution in [-0.2, 0) is 24.4 Å². The van der Waals surface area contributed by atoms with Crippen molar-refractivity contribution >= 4 is 5.82 Å². The standard InChI is InChI=1S/C18H24N6O/c1-13-4-19-12-20-18(13)23-9-15-7-22(8-16(15)10-23)6-14-5-21-24-2-3-25-11-17(14)24/h4-5,12,15-16H,2-3,6-11H2,1H3. The van der Waals surface area contributed by atoms with Crippen molar-refractivity contribution < 1.29 is 4.74 Å². The third-order valence-electron chi connectivity index (χ3n) is 5.84. The Hall–Kier alpha value is -1.99. The third kappa shape index (κ3) is 2.71. The van der Waals surface area contributed by atoms with Crippen LogP contribution in [0.25, 0.3) is 0 Å². The van der Waals surface area contributed by atoms with Gasteiger partial charge in [0.1, 0.15) is 12.1 Å². The average Bonchev–Trinajstić information content (AvgIpc) is 3.29. The van der Waals surface area contributed by atoms with Crippen LogP contribution in [0.15, 0.2) is 18.7 Å². The maximum Gasteiger partial charge on any atom is 0.134 e. The monoisotopic (exact) mass is 340 g/mol. The molecule has 5 heterocycles. The van der Waals surface area contributed by atoms with Crippen molar-refractivity contribution in [1.82, 2.24) is 24.6 Å². The molecule has 3 aliphatic rings. The molecule has 132 valence electrons. The van der Waals surface area contributed by atoms with Gasteiger partial charge in [0.25, 0.3) is 0 Å². The largest absolute Gasteiger partial charge is 0.373 e. The van der Waals surface area contributed by atoms with Crippen LogP contribution < -0.4 is 4.90 Å². The first kappa shape index (κ1) is 15.3. The quantitative estimate of drug-likeness (QED) is 0.833. The summed E-state index contributed by atoms with van der Waals surface area (Å²) < 4.78 is 7.72. The van der Waals surface area contributed by atoms with Gasteiger partial charge in [-0.2, -0.15) is 5.10 Å². The molecule has 3 aliphatic heterocycles. The van der Waals surface area contributed by atoms with Gasteiger partial charge in [-0.15, -0.1) is 0 Å². The Morgan fingerprint density at radius 1 is 1.16 bits per heavy atom. The van der Waals surface area contributed by atoms with Gasteiger partial charge in [-0.1, -0.05) is 0 Å². The van der Waals surface area contributed by atoms with Gasteiger partial charge in [0, 0.05) is 50.0 Å². The third-order valence-corrected chi connectivity index (χ3v) is 5.84. The zero-order valence-electron chi connectivity index (χ0n) is 14.6. The summed E-state index contributed by atoms with van der Waals surface area (Å²) in [5.41, 5.74) is 3.77.